The van der Waals surface area contributed by atoms with E-state index < -0.39 is 10.1 Å². The molecule has 0 radical (unpaired) electrons. The summed E-state index contributed by atoms with van der Waals surface area (Å²) in [6.07, 6.45) is 7.45. The lowest BCUT2D eigenvalue weighted by Gasteiger charge is -2.17. The molecule has 0 N–H and O–H groups in total. The van der Waals surface area contributed by atoms with Crippen LogP contribution in [0.4, 0.5) is 0 Å². The van der Waals surface area contributed by atoms with Crippen LogP contribution in [0.1, 0.15) is 6.42 Å². The highest BCUT2D eigenvalue weighted by atomic mass is 35.5. The van der Waals surface area contributed by atoms with Gasteiger partial charge in [0.25, 0.3) is 0 Å². The fourth-order valence-corrected chi connectivity index (χ4v) is 1.04. The van der Waals surface area contributed by atoms with Gasteiger partial charge in [-0.05, 0) is 18.0 Å². The first-order valence-electron chi connectivity index (χ1n) is 2.88. The van der Waals surface area contributed by atoms with Crippen molar-refractivity contribution < 1.29 is 4.79 Å². The molecule has 0 saturated carbocycles. The molecule has 0 aromatic carbocycles. The molecule has 0 fully saturated rings. The van der Waals surface area contributed by atoms with E-state index in [9.17, 15) is 4.79 Å². The van der Waals surface area contributed by atoms with Gasteiger partial charge in [-0.2, -0.15) is 0 Å². The minimum Gasteiger partial charge on any atom is -0.279 e. The second-order valence-corrected chi connectivity index (χ2v) is 3.15. The zero-order valence-electron chi connectivity index (χ0n) is 5.18. The number of alkyl halides is 1. The number of allylic oxidation sites excluding steroid dienone is 4. The Labute approximate surface area is 69.3 Å². The molecule has 0 aromatic rings. The maximum absolute atomic E-state index is 10.7. The van der Waals surface area contributed by atoms with Gasteiger partial charge in [-0.15, -0.1) is 11.6 Å². The van der Waals surface area contributed by atoms with E-state index in [0.29, 0.717) is 6.42 Å². The lowest BCUT2D eigenvalue weighted by atomic mass is 10.0. The van der Waals surface area contributed by atoms with E-state index in [4.69, 9.17) is 23.2 Å². The van der Waals surface area contributed by atoms with Crippen LogP contribution in [0.5, 0.6) is 0 Å². The van der Waals surface area contributed by atoms with E-state index in [1.54, 1.807) is 12.2 Å². The molecule has 10 heavy (non-hydrogen) atoms. The summed E-state index contributed by atoms with van der Waals surface area (Å²) in [7, 11) is 0. The van der Waals surface area contributed by atoms with Crippen molar-refractivity contribution in [2.75, 3.05) is 0 Å². The van der Waals surface area contributed by atoms with Crippen LogP contribution in [0, 0.1) is 0 Å². The van der Waals surface area contributed by atoms with Gasteiger partial charge in [0.05, 0.1) is 0 Å². The molecule has 0 aromatic heterocycles. The van der Waals surface area contributed by atoms with Gasteiger partial charge in [-0.3, -0.25) is 4.79 Å². The lowest BCUT2D eigenvalue weighted by molar-refractivity contribution is -0.112. The van der Waals surface area contributed by atoms with E-state index in [-0.39, 0.29) is 0 Å². The number of carbonyl (C=O) groups excluding carboxylic acids is 1. The number of hydrogen-bond acceptors (Lipinski definition) is 1. The first kappa shape index (κ1) is 7.83. The third-order valence-corrected chi connectivity index (χ3v) is 2.24. The van der Waals surface area contributed by atoms with Crippen molar-refractivity contribution in [2.24, 2.45) is 0 Å². The molecule has 54 valence electrons. The van der Waals surface area contributed by atoms with Crippen molar-refractivity contribution in [1.29, 1.82) is 0 Å². The third kappa shape index (κ3) is 1.41. The monoisotopic (exact) mass is 176 g/mol. The lowest BCUT2D eigenvalue weighted by Crippen LogP contribution is -2.26. The molecule has 3 heteroatoms. The number of hydrogen-bond donors (Lipinski definition) is 0. The van der Waals surface area contributed by atoms with Crippen LogP contribution < -0.4 is 0 Å². The summed E-state index contributed by atoms with van der Waals surface area (Å²) in [6, 6.07) is 0. The minimum atomic E-state index is -0.990. The van der Waals surface area contributed by atoms with Gasteiger partial charge in [0, 0.05) is 0 Å². The molecule has 0 amide bonds. The van der Waals surface area contributed by atoms with Crippen LogP contribution in [0.15, 0.2) is 24.3 Å². The molecule has 0 spiro atoms. The largest absolute Gasteiger partial charge is 0.279 e. The topological polar surface area (TPSA) is 17.1 Å². The third-order valence-electron chi connectivity index (χ3n) is 1.35. The fourth-order valence-electron chi connectivity index (χ4n) is 0.740. The Balaban J connectivity index is 2.80. The second-order valence-electron chi connectivity index (χ2n) is 2.13. The van der Waals surface area contributed by atoms with Crippen LogP contribution in [-0.4, -0.2) is 10.1 Å². The summed E-state index contributed by atoms with van der Waals surface area (Å²) in [5.74, 6) is 0. The van der Waals surface area contributed by atoms with Crippen molar-refractivity contribution in [2.45, 2.75) is 11.3 Å². The van der Waals surface area contributed by atoms with Crippen LogP contribution in [-0.2, 0) is 4.79 Å². The van der Waals surface area contributed by atoms with Gasteiger partial charge in [-0.1, -0.05) is 24.3 Å². The van der Waals surface area contributed by atoms with E-state index in [0.717, 1.165) is 0 Å². The maximum atomic E-state index is 10.7. The maximum Gasteiger partial charge on any atom is 0.246 e. The standard InChI is InChI=1S/C7H6Cl2O/c8-6(10)7(9)4-2-1-3-5-7/h1-4H,5H2. The number of halogens is 2. The number of carbonyl (C=O) groups is 1. The average Bonchev–Trinajstić information content (AvgIpc) is 1.89. The number of rotatable bonds is 1. The predicted molar refractivity (Wildman–Crippen MR) is 42.3 cm³/mol. The van der Waals surface area contributed by atoms with Crippen molar-refractivity contribution in [1.82, 2.24) is 0 Å². The average molecular weight is 177 g/mol. The Morgan fingerprint density at radius 2 is 2.20 bits per heavy atom. The quantitative estimate of drug-likeness (QED) is 0.443. The summed E-state index contributed by atoms with van der Waals surface area (Å²) >= 11 is 11.0. The van der Waals surface area contributed by atoms with Crippen LogP contribution in [0.3, 0.4) is 0 Å². The van der Waals surface area contributed by atoms with Gasteiger partial charge in [0.1, 0.15) is 4.87 Å². The van der Waals surface area contributed by atoms with E-state index in [2.05, 4.69) is 0 Å². The molecule has 1 aliphatic carbocycles. The second kappa shape index (κ2) is 2.77. The molecule has 1 nitrogen and oxygen atoms in total. The summed E-state index contributed by atoms with van der Waals surface area (Å²) < 4.78 is 0. The zero-order chi connectivity index (χ0) is 7.61. The summed E-state index contributed by atoms with van der Waals surface area (Å²) in [5, 5.41) is -0.519. The van der Waals surface area contributed by atoms with Gasteiger partial charge >= 0.3 is 0 Å². The first-order chi connectivity index (χ1) is 4.65. The van der Waals surface area contributed by atoms with E-state index in [1.807, 2.05) is 12.2 Å². The predicted octanol–water partition coefficient (Wildman–Crippen LogP) is 2.25. The molecular formula is C7H6Cl2O. The molecule has 0 aliphatic heterocycles. The molecule has 1 aliphatic rings. The van der Waals surface area contributed by atoms with Crippen LogP contribution >= 0.6 is 23.2 Å². The van der Waals surface area contributed by atoms with Gasteiger partial charge in [0.2, 0.25) is 5.24 Å². The van der Waals surface area contributed by atoms with Gasteiger partial charge in [0.15, 0.2) is 0 Å². The zero-order valence-corrected chi connectivity index (χ0v) is 6.69. The van der Waals surface area contributed by atoms with Gasteiger partial charge in [-0.25, -0.2) is 0 Å². The highest BCUT2D eigenvalue weighted by Gasteiger charge is 2.31. The summed E-state index contributed by atoms with van der Waals surface area (Å²) in [4.78, 5) is 9.68. The summed E-state index contributed by atoms with van der Waals surface area (Å²) in [5.41, 5.74) is 0. The molecular weight excluding hydrogens is 171 g/mol. The van der Waals surface area contributed by atoms with Crippen molar-refractivity contribution in [3.8, 4) is 0 Å². The van der Waals surface area contributed by atoms with Crippen molar-refractivity contribution in [3.05, 3.63) is 24.3 Å². The Kier molecular flexibility index (Phi) is 2.17. The minimum absolute atomic E-state index is 0.480. The van der Waals surface area contributed by atoms with E-state index >= 15 is 0 Å². The Bertz CT molecular complexity index is 208. The highest BCUT2D eigenvalue weighted by Crippen LogP contribution is 2.27. The Hall–Kier alpha value is -0.270. The summed E-state index contributed by atoms with van der Waals surface area (Å²) in [6.45, 7) is 0. The smallest absolute Gasteiger partial charge is 0.246 e. The SMILES string of the molecule is O=C(Cl)C1(Cl)C=CC=CC1. The first-order valence-corrected chi connectivity index (χ1v) is 3.64. The molecule has 0 saturated heterocycles. The van der Waals surface area contributed by atoms with Crippen LogP contribution in [0.2, 0.25) is 0 Å². The van der Waals surface area contributed by atoms with Crippen LogP contribution in [0.25, 0.3) is 0 Å². The molecule has 0 heterocycles. The molecule has 1 rings (SSSR count). The molecule has 1 atom stereocenters. The Morgan fingerprint density at radius 1 is 1.50 bits per heavy atom. The van der Waals surface area contributed by atoms with E-state index in [1.165, 1.54) is 0 Å². The van der Waals surface area contributed by atoms with Crippen molar-refractivity contribution >= 4 is 28.4 Å². The van der Waals surface area contributed by atoms with Gasteiger partial charge < -0.3 is 0 Å². The molecule has 1 unspecified atom stereocenters. The normalized spacial score (nSPS) is 30.6. The molecule has 0 bridgehead atoms. The fraction of sp³-hybridized carbons (Fsp3) is 0.286. The highest BCUT2D eigenvalue weighted by molar-refractivity contribution is 6.71. The Morgan fingerprint density at radius 3 is 2.50 bits per heavy atom. The van der Waals surface area contributed by atoms with Crippen molar-refractivity contribution in [3.63, 3.8) is 0 Å².